The van der Waals surface area contributed by atoms with E-state index in [1.54, 1.807) is 36.4 Å². The maximum Gasteiger partial charge on any atom is 0.235 e. The van der Waals surface area contributed by atoms with E-state index in [0.717, 1.165) is 4.47 Å². The zero-order valence-electron chi connectivity index (χ0n) is 8.94. The maximum absolute atomic E-state index is 14.1. The Hall–Kier alpha value is -1.42. The number of carbonyl (C=O) groups is 1. The predicted octanol–water partition coefficient (Wildman–Crippen LogP) is 2.64. The molecule has 0 saturated heterocycles. The van der Waals surface area contributed by atoms with Crippen molar-refractivity contribution in [3.8, 4) is 0 Å². The average Bonchev–Trinajstić information content (AvgIpc) is 2.31. The number of halogens is 2. The lowest BCUT2D eigenvalue weighted by Gasteiger charge is -2.31. The molecule has 2 unspecified atom stereocenters. The summed E-state index contributed by atoms with van der Waals surface area (Å²) in [5.74, 6) is -0.687. The number of nitrogens with two attached hydrogens (primary N) is 1. The highest BCUT2D eigenvalue weighted by Gasteiger charge is 2.44. The van der Waals surface area contributed by atoms with E-state index < -0.39 is 17.5 Å². The number of hydrogen-bond acceptors (Lipinski definition) is 1. The van der Waals surface area contributed by atoms with Crippen molar-refractivity contribution in [2.75, 3.05) is 0 Å². The first-order chi connectivity index (χ1) is 8.07. The summed E-state index contributed by atoms with van der Waals surface area (Å²) in [6.07, 6.45) is 4.63. The van der Waals surface area contributed by atoms with Crippen LogP contribution in [0.15, 0.2) is 53.0 Å². The van der Waals surface area contributed by atoms with Crippen molar-refractivity contribution >= 4 is 21.8 Å². The van der Waals surface area contributed by atoms with Crippen LogP contribution in [0, 0.1) is 0 Å². The van der Waals surface area contributed by atoms with Gasteiger partial charge in [-0.3, -0.25) is 4.79 Å². The molecule has 1 aliphatic carbocycles. The molecule has 88 valence electrons. The summed E-state index contributed by atoms with van der Waals surface area (Å²) in [4.78, 5) is 11.7. The highest BCUT2D eigenvalue weighted by molar-refractivity contribution is 9.10. The molecule has 0 fully saturated rings. The van der Waals surface area contributed by atoms with E-state index in [2.05, 4.69) is 15.9 Å². The molecule has 1 aromatic carbocycles. The molecule has 2 N–H and O–H groups in total. The highest BCUT2D eigenvalue weighted by Crippen LogP contribution is 2.35. The van der Waals surface area contributed by atoms with E-state index in [9.17, 15) is 9.18 Å². The van der Waals surface area contributed by atoms with Crippen molar-refractivity contribution < 1.29 is 9.18 Å². The first-order valence-electron chi connectivity index (χ1n) is 5.13. The van der Waals surface area contributed by atoms with Gasteiger partial charge in [-0.25, -0.2) is 4.39 Å². The molecule has 0 aliphatic heterocycles. The van der Waals surface area contributed by atoms with Crippen molar-refractivity contribution in [3.63, 3.8) is 0 Å². The van der Waals surface area contributed by atoms with Gasteiger partial charge in [0.15, 0.2) is 0 Å². The summed E-state index contributed by atoms with van der Waals surface area (Å²) in [6, 6.07) is 6.92. The van der Waals surface area contributed by atoms with Crippen LogP contribution in [-0.4, -0.2) is 12.1 Å². The Labute approximate surface area is 107 Å². The topological polar surface area (TPSA) is 43.1 Å². The Balaban J connectivity index is 2.56. The molecule has 17 heavy (non-hydrogen) atoms. The van der Waals surface area contributed by atoms with E-state index in [-0.39, 0.29) is 0 Å². The second kappa shape index (κ2) is 4.45. The second-order valence-corrected chi connectivity index (χ2v) is 4.80. The predicted molar refractivity (Wildman–Crippen MR) is 68.2 cm³/mol. The molecule has 1 amide bonds. The van der Waals surface area contributed by atoms with Crippen molar-refractivity contribution in [3.05, 3.63) is 58.6 Å². The number of carbonyl (C=O) groups excluding carboxylic acids is 1. The zero-order valence-corrected chi connectivity index (χ0v) is 10.5. The summed E-state index contributed by atoms with van der Waals surface area (Å²) in [7, 11) is 0. The third kappa shape index (κ3) is 1.93. The molecule has 0 heterocycles. The van der Waals surface area contributed by atoms with Crippen LogP contribution in [0.1, 0.15) is 5.56 Å². The van der Waals surface area contributed by atoms with Crippen LogP contribution in [-0.2, 0) is 10.2 Å². The molecule has 2 rings (SSSR count). The molecule has 0 bridgehead atoms. The minimum atomic E-state index is -1.44. The van der Waals surface area contributed by atoms with Gasteiger partial charge in [0, 0.05) is 4.47 Å². The molecule has 0 saturated carbocycles. The zero-order chi connectivity index (χ0) is 12.5. The summed E-state index contributed by atoms with van der Waals surface area (Å²) in [5.41, 5.74) is 4.55. The van der Waals surface area contributed by atoms with Gasteiger partial charge in [0.25, 0.3) is 0 Å². The van der Waals surface area contributed by atoms with Crippen LogP contribution in [0.2, 0.25) is 0 Å². The van der Waals surface area contributed by atoms with Gasteiger partial charge >= 0.3 is 0 Å². The van der Waals surface area contributed by atoms with Crippen LogP contribution < -0.4 is 5.73 Å². The third-order valence-corrected chi connectivity index (χ3v) is 3.44. The highest BCUT2D eigenvalue weighted by atomic mass is 79.9. The van der Waals surface area contributed by atoms with Gasteiger partial charge in [0.1, 0.15) is 11.6 Å². The van der Waals surface area contributed by atoms with Crippen molar-refractivity contribution in [1.82, 2.24) is 0 Å². The lowest BCUT2D eigenvalue weighted by Crippen LogP contribution is -2.47. The Kier molecular flexibility index (Phi) is 3.15. The van der Waals surface area contributed by atoms with Gasteiger partial charge in [-0.05, 0) is 23.8 Å². The molecule has 0 aromatic heterocycles. The SMILES string of the molecule is NC(=O)C1(c2ccc(Br)cc2)C=CC=CC1F. The first kappa shape index (κ1) is 12.0. The summed E-state index contributed by atoms with van der Waals surface area (Å²) in [6.45, 7) is 0. The Morgan fingerprint density at radius 2 is 1.94 bits per heavy atom. The summed E-state index contributed by atoms with van der Waals surface area (Å²) < 4.78 is 15.0. The summed E-state index contributed by atoms with van der Waals surface area (Å²) >= 11 is 3.30. The van der Waals surface area contributed by atoms with Gasteiger partial charge in [-0.2, -0.15) is 0 Å². The number of hydrogen-bond donors (Lipinski definition) is 1. The third-order valence-electron chi connectivity index (χ3n) is 2.91. The van der Waals surface area contributed by atoms with Crippen LogP contribution in [0.4, 0.5) is 4.39 Å². The van der Waals surface area contributed by atoms with Gasteiger partial charge in [0.05, 0.1) is 0 Å². The fourth-order valence-corrected chi connectivity index (χ4v) is 2.22. The lowest BCUT2D eigenvalue weighted by molar-refractivity contribution is -0.123. The van der Waals surface area contributed by atoms with E-state index in [1.807, 2.05) is 0 Å². The minimum Gasteiger partial charge on any atom is -0.369 e. The second-order valence-electron chi connectivity index (χ2n) is 3.89. The van der Waals surface area contributed by atoms with Crippen LogP contribution >= 0.6 is 15.9 Å². The smallest absolute Gasteiger partial charge is 0.235 e. The van der Waals surface area contributed by atoms with Crippen LogP contribution in [0.5, 0.6) is 0 Å². The van der Waals surface area contributed by atoms with Crippen LogP contribution in [0.3, 0.4) is 0 Å². The van der Waals surface area contributed by atoms with Crippen molar-refractivity contribution in [2.45, 2.75) is 11.6 Å². The van der Waals surface area contributed by atoms with Crippen LogP contribution in [0.25, 0.3) is 0 Å². The fraction of sp³-hybridized carbons (Fsp3) is 0.154. The standard InChI is InChI=1S/C13H11BrFNO/c14-10-6-4-9(5-7-10)13(12(16)17)8-2-1-3-11(13)15/h1-8,11H,(H2,16,17). The van der Waals surface area contributed by atoms with Gasteiger partial charge in [-0.15, -0.1) is 0 Å². The number of alkyl halides is 1. The van der Waals surface area contributed by atoms with E-state index in [0.29, 0.717) is 5.56 Å². The maximum atomic E-state index is 14.1. The molecule has 2 atom stereocenters. The Morgan fingerprint density at radius 1 is 1.29 bits per heavy atom. The van der Waals surface area contributed by atoms with Gasteiger partial charge in [-0.1, -0.05) is 46.3 Å². The lowest BCUT2D eigenvalue weighted by atomic mass is 9.73. The van der Waals surface area contributed by atoms with E-state index >= 15 is 0 Å². The monoisotopic (exact) mass is 295 g/mol. The first-order valence-corrected chi connectivity index (χ1v) is 5.93. The van der Waals surface area contributed by atoms with Crippen molar-refractivity contribution in [2.24, 2.45) is 5.73 Å². The molecule has 1 aliphatic rings. The molecule has 2 nitrogen and oxygen atoms in total. The molecule has 0 spiro atoms. The molecule has 4 heteroatoms. The number of amides is 1. The summed E-state index contributed by atoms with van der Waals surface area (Å²) in [5, 5.41) is 0. The Morgan fingerprint density at radius 3 is 2.47 bits per heavy atom. The van der Waals surface area contributed by atoms with Crippen molar-refractivity contribution in [1.29, 1.82) is 0 Å². The molecular weight excluding hydrogens is 285 g/mol. The van der Waals surface area contributed by atoms with Gasteiger partial charge in [0.2, 0.25) is 5.91 Å². The number of benzene rings is 1. The molecular formula is C13H11BrFNO. The quantitative estimate of drug-likeness (QED) is 0.895. The molecule has 0 radical (unpaired) electrons. The van der Waals surface area contributed by atoms with E-state index in [1.165, 1.54) is 12.2 Å². The molecule has 1 aromatic rings. The van der Waals surface area contributed by atoms with E-state index in [4.69, 9.17) is 5.73 Å². The number of allylic oxidation sites excluding steroid dienone is 3. The van der Waals surface area contributed by atoms with Gasteiger partial charge < -0.3 is 5.73 Å². The Bertz CT molecular complexity index is 495. The normalized spacial score (nSPS) is 27.1. The average molecular weight is 296 g/mol. The minimum absolute atomic E-state index is 0.557. The largest absolute Gasteiger partial charge is 0.369 e. The number of rotatable bonds is 2. The fourth-order valence-electron chi connectivity index (χ4n) is 1.95. The number of primary amides is 1.